The van der Waals surface area contributed by atoms with Crippen LogP contribution in [0, 0.1) is 19.7 Å². The highest BCUT2D eigenvalue weighted by atomic mass is 19.1. The average Bonchev–Trinajstić information content (AvgIpc) is 2.79. The van der Waals surface area contributed by atoms with Gasteiger partial charge in [0.05, 0.1) is 17.7 Å². The van der Waals surface area contributed by atoms with E-state index in [2.05, 4.69) is 4.98 Å². The first kappa shape index (κ1) is 16.7. The van der Waals surface area contributed by atoms with E-state index >= 15 is 0 Å². The molecule has 1 aromatic heterocycles. The lowest BCUT2D eigenvalue weighted by molar-refractivity contribution is 0.0522. The van der Waals surface area contributed by atoms with Gasteiger partial charge in [0.15, 0.2) is 6.61 Å². The maximum Gasteiger partial charge on any atom is 0.340 e. The lowest BCUT2D eigenvalue weighted by Crippen LogP contribution is -2.17. The fourth-order valence-corrected chi connectivity index (χ4v) is 2.37. The van der Waals surface area contributed by atoms with Crippen molar-refractivity contribution >= 4 is 11.8 Å². The minimum Gasteiger partial charge on any atom is -0.485 e. The zero-order valence-corrected chi connectivity index (χ0v) is 13.2. The van der Waals surface area contributed by atoms with Gasteiger partial charge in [-0.05, 0) is 32.9 Å². The Morgan fingerprint density at radius 1 is 1.17 bits per heavy atom. The third kappa shape index (κ3) is 3.77. The van der Waals surface area contributed by atoms with Crippen molar-refractivity contribution in [2.45, 2.75) is 20.8 Å². The number of aromatic nitrogens is 1. The van der Waals surface area contributed by atoms with Gasteiger partial charge in [-0.3, -0.25) is 4.79 Å². The summed E-state index contributed by atoms with van der Waals surface area (Å²) in [6, 6.07) is 5.52. The number of aryl methyl sites for hydroxylation is 2. The first-order valence-corrected chi connectivity index (χ1v) is 7.21. The summed E-state index contributed by atoms with van der Waals surface area (Å²) in [7, 11) is 0. The van der Waals surface area contributed by atoms with Crippen LogP contribution in [-0.2, 0) is 4.74 Å². The first-order chi connectivity index (χ1) is 10.9. The summed E-state index contributed by atoms with van der Waals surface area (Å²) in [5.41, 5.74) is 1.60. The van der Waals surface area contributed by atoms with Crippen molar-refractivity contribution in [2.75, 3.05) is 13.2 Å². The maximum atomic E-state index is 13.1. The number of halogens is 1. The van der Waals surface area contributed by atoms with Gasteiger partial charge in [-0.1, -0.05) is 6.07 Å². The first-order valence-electron chi connectivity index (χ1n) is 7.21. The van der Waals surface area contributed by atoms with Crippen LogP contribution < -0.4 is 4.74 Å². The van der Waals surface area contributed by atoms with Crippen molar-refractivity contribution in [1.82, 2.24) is 4.98 Å². The summed E-state index contributed by atoms with van der Waals surface area (Å²) in [6.07, 6.45) is 0. The molecule has 0 atom stereocenters. The second-order valence-corrected chi connectivity index (χ2v) is 5.01. The fourth-order valence-electron chi connectivity index (χ4n) is 2.37. The average molecular weight is 319 g/mol. The number of carbonyl (C=O) groups excluding carboxylic acids is 2. The molecule has 0 aliphatic carbocycles. The van der Waals surface area contributed by atoms with E-state index in [9.17, 15) is 14.0 Å². The molecule has 0 saturated carbocycles. The number of benzene rings is 1. The Bertz CT molecular complexity index is 736. The minimum atomic E-state index is -0.552. The quantitative estimate of drug-likeness (QED) is 0.656. The second-order valence-electron chi connectivity index (χ2n) is 5.01. The molecule has 0 spiro atoms. The molecule has 0 fully saturated rings. The number of ether oxygens (including phenoxy) is 2. The van der Waals surface area contributed by atoms with Gasteiger partial charge >= 0.3 is 5.97 Å². The van der Waals surface area contributed by atoms with Crippen molar-refractivity contribution in [3.63, 3.8) is 0 Å². The van der Waals surface area contributed by atoms with Crippen LogP contribution in [0.2, 0.25) is 0 Å². The molecule has 0 saturated heterocycles. The number of aromatic amines is 1. The normalized spacial score (nSPS) is 10.4. The predicted molar refractivity (Wildman–Crippen MR) is 82.4 cm³/mol. The van der Waals surface area contributed by atoms with Crippen molar-refractivity contribution in [1.29, 1.82) is 0 Å². The van der Waals surface area contributed by atoms with Crippen molar-refractivity contribution in [3.05, 3.63) is 52.6 Å². The molecule has 0 bridgehead atoms. The molecule has 0 aliphatic heterocycles. The molecule has 2 rings (SSSR count). The van der Waals surface area contributed by atoms with Gasteiger partial charge in [-0.2, -0.15) is 0 Å². The number of carbonyl (C=O) groups is 2. The molecule has 0 amide bonds. The van der Waals surface area contributed by atoms with E-state index in [-0.39, 0.29) is 35.9 Å². The number of rotatable bonds is 6. The molecule has 0 radical (unpaired) electrons. The van der Waals surface area contributed by atoms with Crippen LogP contribution in [0.5, 0.6) is 5.75 Å². The van der Waals surface area contributed by atoms with Gasteiger partial charge in [0.25, 0.3) is 0 Å². The van der Waals surface area contributed by atoms with E-state index in [0.29, 0.717) is 11.4 Å². The van der Waals surface area contributed by atoms with Gasteiger partial charge in [0.2, 0.25) is 5.78 Å². The van der Waals surface area contributed by atoms with Crippen LogP contribution in [0.15, 0.2) is 24.3 Å². The standard InChI is InChI=1S/C17H18FNO4/c1-4-22-17(21)16-11(3)19-10(2)15(16)14(20)9-23-13-7-5-6-12(18)8-13/h5-8,19H,4,9H2,1-3H3. The highest BCUT2D eigenvalue weighted by Crippen LogP contribution is 2.21. The molecule has 0 aliphatic rings. The van der Waals surface area contributed by atoms with Crippen molar-refractivity contribution in [3.8, 4) is 5.75 Å². The Balaban J connectivity index is 2.20. The third-order valence-corrected chi connectivity index (χ3v) is 3.30. The summed E-state index contributed by atoms with van der Waals surface area (Å²) in [5, 5.41) is 0. The number of hydrogen-bond acceptors (Lipinski definition) is 4. The van der Waals surface area contributed by atoms with Crippen molar-refractivity contribution in [2.24, 2.45) is 0 Å². The fraction of sp³-hybridized carbons (Fsp3) is 0.294. The number of esters is 1. The molecule has 5 nitrogen and oxygen atoms in total. The zero-order chi connectivity index (χ0) is 17.0. The Kier molecular flexibility index (Phi) is 5.16. The largest absolute Gasteiger partial charge is 0.485 e. The molecule has 1 N–H and O–H groups in total. The number of hydrogen-bond donors (Lipinski definition) is 1. The predicted octanol–water partition coefficient (Wildman–Crippen LogP) is 3.21. The third-order valence-electron chi connectivity index (χ3n) is 3.30. The molecule has 1 heterocycles. The van der Waals surface area contributed by atoms with Gasteiger partial charge in [0.1, 0.15) is 11.6 Å². The van der Waals surface area contributed by atoms with Crippen LogP contribution >= 0.6 is 0 Å². The summed E-state index contributed by atoms with van der Waals surface area (Å²) >= 11 is 0. The summed E-state index contributed by atoms with van der Waals surface area (Å²) in [6.45, 7) is 5.01. The molecular weight excluding hydrogens is 301 g/mol. The molecule has 1 aromatic carbocycles. The van der Waals surface area contributed by atoms with Gasteiger partial charge < -0.3 is 14.5 Å². The van der Waals surface area contributed by atoms with Gasteiger partial charge in [-0.25, -0.2) is 9.18 Å². The Hall–Kier alpha value is -2.63. The Morgan fingerprint density at radius 3 is 2.52 bits per heavy atom. The summed E-state index contributed by atoms with van der Waals surface area (Å²) < 4.78 is 23.4. The minimum absolute atomic E-state index is 0.218. The van der Waals surface area contributed by atoms with E-state index in [0.717, 1.165) is 0 Å². The monoisotopic (exact) mass is 319 g/mol. The second kappa shape index (κ2) is 7.09. The van der Waals surface area contributed by atoms with Crippen LogP contribution in [0.4, 0.5) is 4.39 Å². The van der Waals surface area contributed by atoms with Crippen LogP contribution in [0.3, 0.4) is 0 Å². The molecule has 6 heteroatoms. The zero-order valence-electron chi connectivity index (χ0n) is 13.2. The highest BCUT2D eigenvalue weighted by molar-refractivity contribution is 6.08. The van der Waals surface area contributed by atoms with Crippen LogP contribution in [0.25, 0.3) is 0 Å². The van der Waals surface area contributed by atoms with Crippen molar-refractivity contribution < 1.29 is 23.5 Å². The SMILES string of the molecule is CCOC(=O)c1c(C)[nH]c(C)c1C(=O)COc1cccc(F)c1. The van der Waals surface area contributed by atoms with Gasteiger partial charge in [-0.15, -0.1) is 0 Å². The number of nitrogens with one attached hydrogen (secondary N) is 1. The summed E-state index contributed by atoms with van der Waals surface area (Å²) in [4.78, 5) is 27.4. The van der Waals surface area contributed by atoms with Crippen LogP contribution in [-0.4, -0.2) is 30.0 Å². The molecule has 0 unspecified atom stereocenters. The molecule has 122 valence electrons. The lowest BCUT2D eigenvalue weighted by Gasteiger charge is -2.08. The van der Waals surface area contributed by atoms with E-state index in [1.165, 1.54) is 18.2 Å². The number of Topliss-reactive ketones (excluding diaryl/α,β-unsaturated/α-hetero) is 1. The molecule has 2 aromatic rings. The highest BCUT2D eigenvalue weighted by Gasteiger charge is 2.25. The number of H-pyrrole nitrogens is 1. The smallest absolute Gasteiger partial charge is 0.340 e. The summed E-state index contributed by atoms with van der Waals surface area (Å²) in [5.74, 6) is -1.13. The van der Waals surface area contributed by atoms with E-state index in [1.807, 2.05) is 0 Å². The Morgan fingerprint density at radius 2 is 1.87 bits per heavy atom. The Labute approximate surface area is 133 Å². The lowest BCUT2D eigenvalue weighted by atomic mass is 10.1. The topological polar surface area (TPSA) is 68.4 Å². The van der Waals surface area contributed by atoms with E-state index < -0.39 is 11.8 Å². The maximum absolute atomic E-state index is 13.1. The van der Waals surface area contributed by atoms with Crippen LogP contribution in [0.1, 0.15) is 39.0 Å². The van der Waals surface area contributed by atoms with E-state index in [1.54, 1.807) is 26.8 Å². The molecule has 23 heavy (non-hydrogen) atoms. The van der Waals surface area contributed by atoms with E-state index in [4.69, 9.17) is 9.47 Å². The van der Waals surface area contributed by atoms with Gasteiger partial charge in [0, 0.05) is 17.5 Å². The molecular formula is C17H18FNO4. The number of ketones is 1.